The summed E-state index contributed by atoms with van der Waals surface area (Å²) in [5.74, 6) is 0.926. The molecule has 0 amide bonds. The molecule has 0 fully saturated rings. The van der Waals surface area contributed by atoms with Crippen LogP contribution in [0.1, 0.15) is 25.0 Å². The molecule has 0 unspecified atom stereocenters. The molecule has 0 radical (unpaired) electrons. The Labute approximate surface area is 169 Å². The average Bonchev–Trinajstić information content (AvgIpc) is 2.68. The lowest BCUT2D eigenvalue weighted by molar-refractivity contribution is 0.277. The largest absolute Gasteiger partial charge is 0.493 e. The van der Waals surface area contributed by atoms with E-state index in [0.29, 0.717) is 17.1 Å². The number of methoxy groups -OCH3 is 1. The highest BCUT2D eigenvalue weighted by Gasteiger charge is 2.13. The summed E-state index contributed by atoms with van der Waals surface area (Å²) in [5.41, 5.74) is 1.60. The maximum atomic E-state index is 13.8. The first-order valence-corrected chi connectivity index (χ1v) is 10.0. The lowest BCUT2D eigenvalue weighted by atomic mass is 10.2. The summed E-state index contributed by atoms with van der Waals surface area (Å²) in [6.07, 6.45) is 0. The average molecular weight is 439 g/mol. The Balaban J connectivity index is 1.98. The maximum absolute atomic E-state index is 13.8. The topological polar surface area (TPSA) is 33.7 Å². The van der Waals surface area contributed by atoms with Gasteiger partial charge in [0.25, 0.3) is 0 Å². The van der Waals surface area contributed by atoms with Crippen molar-refractivity contribution in [2.75, 3.05) is 33.3 Å². The van der Waals surface area contributed by atoms with Crippen LogP contribution in [0.2, 0.25) is 0 Å². The van der Waals surface area contributed by atoms with E-state index in [0.717, 1.165) is 42.8 Å². The van der Waals surface area contributed by atoms with Gasteiger partial charge >= 0.3 is 0 Å². The van der Waals surface area contributed by atoms with Crippen LogP contribution in [0.5, 0.6) is 11.5 Å². The Bertz CT molecular complexity index is 723. The highest BCUT2D eigenvalue weighted by Crippen LogP contribution is 2.37. The number of ether oxygens (including phenoxy) is 2. The van der Waals surface area contributed by atoms with Crippen molar-refractivity contribution in [2.45, 2.75) is 27.0 Å². The molecule has 0 atom stereocenters. The fourth-order valence-electron chi connectivity index (χ4n) is 2.79. The lowest BCUT2D eigenvalue weighted by Gasteiger charge is -2.18. The number of nitrogens with zero attached hydrogens (tertiary/aromatic N) is 1. The third kappa shape index (κ3) is 6.48. The van der Waals surface area contributed by atoms with Crippen molar-refractivity contribution in [1.82, 2.24) is 10.2 Å². The van der Waals surface area contributed by atoms with Crippen molar-refractivity contribution in [2.24, 2.45) is 0 Å². The number of halogens is 2. The summed E-state index contributed by atoms with van der Waals surface area (Å²) in [5, 5.41) is 3.46. The van der Waals surface area contributed by atoms with Crippen LogP contribution >= 0.6 is 15.9 Å². The number of nitrogens with one attached hydrogen (secondary N) is 1. The first kappa shape index (κ1) is 21.7. The molecule has 6 heteroatoms. The van der Waals surface area contributed by atoms with Gasteiger partial charge in [-0.25, -0.2) is 4.39 Å². The van der Waals surface area contributed by atoms with Crippen molar-refractivity contribution in [3.8, 4) is 11.5 Å². The van der Waals surface area contributed by atoms with Crippen molar-refractivity contribution < 1.29 is 13.9 Å². The zero-order valence-corrected chi connectivity index (χ0v) is 17.8. The van der Waals surface area contributed by atoms with Gasteiger partial charge in [-0.3, -0.25) is 0 Å². The number of likely N-dealkylation sites (N-methyl/N-ethyl adjacent to an activating group) is 1. The van der Waals surface area contributed by atoms with Crippen molar-refractivity contribution in [3.05, 3.63) is 57.8 Å². The zero-order chi connectivity index (χ0) is 19.6. The van der Waals surface area contributed by atoms with Gasteiger partial charge in [-0.1, -0.05) is 32.0 Å². The molecule has 2 rings (SSSR count). The molecule has 0 heterocycles. The van der Waals surface area contributed by atoms with Gasteiger partial charge in [0.05, 0.1) is 11.6 Å². The maximum Gasteiger partial charge on any atom is 0.175 e. The van der Waals surface area contributed by atoms with Gasteiger partial charge in [-0.15, -0.1) is 0 Å². The molecule has 0 bridgehead atoms. The SMILES string of the molecule is CCN(CC)CCNCc1cc(Br)c(OCc2ccccc2F)c(OC)c1. The van der Waals surface area contributed by atoms with Crippen LogP contribution in [0.15, 0.2) is 40.9 Å². The second kappa shape index (κ2) is 11.3. The van der Waals surface area contributed by atoms with E-state index < -0.39 is 0 Å². The molecule has 0 saturated heterocycles. The molecular weight excluding hydrogens is 411 g/mol. The lowest BCUT2D eigenvalue weighted by Crippen LogP contribution is -2.31. The molecule has 27 heavy (non-hydrogen) atoms. The predicted octanol–water partition coefficient (Wildman–Crippen LogP) is 4.61. The van der Waals surface area contributed by atoms with E-state index in [2.05, 4.69) is 40.0 Å². The fourth-order valence-corrected chi connectivity index (χ4v) is 3.39. The summed E-state index contributed by atoms with van der Waals surface area (Å²) in [6.45, 7) is 9.30. The molecule has 4 nitrogen and oxygen atoms in total. The van der Waals surface area contributed by atoms with E-state index in [1.807, 2.05) is 12.1 Å². The van der Waals surface area contributed by atoms with Gasteiger partial charge in [0, 0.05) is 25.2 Å². The van der Waals surface area contributed by atoms with Crippen molar-refractivity contribution in [1.29, 1.82) is 0 Å². The minimum Gasteiger partial charge on any atom is -0.493 e. The number of benzene rings is 2. The van der Waals surface area contributed by atoms with Gasteiger partial charge < -0.3 is 19.7 Å². The molecule has 0 saturated carbocycles. The summed E-state index contributed by atoms with van der Waals surface area (Å²) in [7, 11) is 1.61. The molecule has 148 valence electrons. The van der Waals surface area contributed by atoms with Crippen LogP contribution < -0.4 is 14.8 Å². The zero-order valence-electron chi connectivity index (χ0n) is 16.2. The number of hydrogen-bond acceptors (Lipinski definition) is 4. The summed E-state index contributed by atoms with van der Waals surface area (Å²) >= 11 is 3.55. The molecule has 2 aromatic rings. The van der Waals surface area contributed by atoms with Gasteiger partial charge in [-0.05, 0) is 52.8 Å². The molecule has 0 aliphatic carbocycles. The first-order valence-electron chi connectivity index (χ1n) is 9.24. The highest BCUT2D eigenvalue weighted by atomic mass is 79.9. The van der Waals surface area contributed by atoms with E-state index in [-0.39, 0.29) is 12.4 Å². The van der Waals surface area contributed by atoms with Crippen LogP contribution in [-0.2, 0) is 13.2 Å². The van der Waals surface area contributed by atoms with E-state index in [9.17, 15) is 4.39 Å². The third-order valence-electron chi connectivity index (χ3n) is 4.45. The second-order valence-electron chi connectivity index (χ2n) is 6.19. The first-order chi connectivity index (χ1) is 13.1. The smallest absolute Gasteiger partial charge is 0.175 e. The second-order valence-corrected chi connectivity index (χ2v) is 7.05. The van der Waals surface area contributed by atoms with Gasteiger partial charge in [-0.2, -0.15) is 0 Å². The Hall–Kier alpha value is -1.63. The summed E-state index contributed by atoms with van der Waals surface area (Å²) in [6, 6.07) is 10.6. The fraction of sp³-hybridized carbons (Fsp3) is 0.429. The minimum atomic E-state index is -0.276. The Morgan fingerprint density at radius 3 is 2.56 bits per heavy atom. The monoisotopic (exact) mass is 438 g/mol. The van der Waals surface area contributed by atoms with Crippen LogP contribution in [0.3, 0.4) is 0 Å². The molecule has 2 aromatic carbocycles. The molecule has 0 aliphatic heterocycles. The standard InChI is InChI=1S/C21H28BrFN2O2/c1-4-25(5-2)11-10-24-14-16-12-18(22)21(20(13-16)26-3)27-15-17-8-6-7-9-19(17)23/h6-9,12-13,24H,4-5,10-11,14-15H2,1-3H3. The molecular formula is C21H28BrFN2O2. The van der Waals surface area contributed by atoms with Crippen LogP contribution in [-0.4, -0.2) is 38.2 Å². The quantitative estimate of drug-likeness (QED) is 0.519. The van der Waals surface area contributed by atoms with Crippen molar-refractivity contribution in [3.63, 3.8) is 0 Å². The Kier molecular flexibility index (Phi) is 9.04. The van der Waals surface area contributed by atoms with Crippen LogP contribution in [0, 0.1) is 5.82 Å². The molecule has 0 aliphatic rings. The van der Waals surface area contributed by atoms with Crippen LogP contribution in [0.25, 0.3) is 0 Å². The van der Waals surface area contributed by atoms with Gasteiger partial charge in [0.1, 0.15) is 12.4 Å². The van der Waals surface area contributed by atoms with E-state index >= 15 is 0 Å². The van der Waals surface area contributed by atoms with E-state index in [4.69, 9.17) is 9.47 Å². The van der Waals surface area contributed by atoms with Gasteiger partial charge in [0.15, 0.2) is 11.5 Å². The molecule has 0 spiro atoms. The summed E-state index contributed by atoms with van der Waals surface area (Å²) in [4.78, 5) is 2.38. The Morgan fingerprint density at radius 2 is 1.89 bits per heavy atom. The number of rotatable bonds is 11. The summed E-state index contributed by atoms with van der Waals surface area (Å²) < 4.78 is 25.9. The van der Waals surface area contributed by atoms with Gasteiger partial charge in [0.2, 0.25) is 0 Å². The van der Waals surface area contributed by atoms with E-state index in [1.54, 1.807) is 25.3 Å². The third-order valence-corrected chi connectivity index (χ3v) is 5.04. The normalized spacial score (nSPS) is 11.0. The number of hydrogen-bond donors (Lipinski definition) is 1. The van der Waals surface area contributed by atoms with E-state index in [1.165, 1.54) is 6.07 Å². The van der Waals surface area contributed by atoms with Crippen LogP contribution in [0.4, 0.5) is 4.39 Å². The minimum absolute atomic E-state index is 0.142. The Morgan fingerprint density at radius 1 is 1.15 bits per heavy atom. The predicted molar refractivity (Wildman–Crippen MR) is 111 cm³/mol. The van der Waals surface area contributed by atoms with Crippen molar-refractivity contribution >= 4 is 15.9 Å². The molecule has 0 aromatic heterocycles. The highest BCUT2D eigenvalue weighted by molar-refractivity contribution is 9.10. The molecule has 1 N–H and O–H groups in total.